The first-order valence-corrected chi connectivity index (χ1v) is 15.0. The monoisotopic (exact) mass is 599 g/mol. The predicted molar refractivity (Wildman–Crippen MR) is 160 cm³/mol. The van der Waals surface area contributed by atoms with Crippen LogP contribution in [0.4, 0.5) is 10.1 Å². The molecule has 3 aromatic rings. The van der Waals surface area contributed by atoms with Crippen LogP contribution in [0.5, 0.6) is 11.5 Å². The first kappa shape index (κ1) is 32.4. The standard InChI is InChI=1S/C31H38FN3O6S/c1-7-14-33-31(37)23(4)34(19-24-10-8-9-11-27(24)32)30(36)20-35(25-16-21(2)15-22(3)17-25)42(38,39)26-12-13-28(40-5)29(18-26)41-6/h8-13,15-18,23H,7,14,19-20H2,1-6H3,(H,33,37)/t23-/m1/s1. The van der Waals surface area contributed by atoms with Crippen molar-refractivity contribution in [1.82, 2.24) is 10.2 Å². The Hall–Kier alpha value is -4.12. The summed E-state index contributed by atoms with van der Waals surface area (Å²) < 4.78 is 54.6. The lowest BCUT2D eigenvalue weighted by molar-refractivity contribution is -0.139. The maximum absolute atomic E-state index is 14.7. The number of nitrogens with zero attached hydrogens (tertiary/aromatic N) is 2. The SMILES string of the molecule is CCCNC(=O)[C@@H](C)N(Cc1ccccc1F)C(=O)CN(c1cc(C)cc(C)c1)S(=O)(=O)c1ccc(OC)c(OC)c1. The van der Waals surface area contributed by atoms with Gasteiger partial charge < -0.3 is 19.7 Å². The van der Waals surface area contributed by atoms with Crippen LogP contribution in [0.25, 0.3) is 0 Å². The zero-order chi connectivity index (χ0) is 31.0. The molecule has 42 heavy (non-hydrogen) atoms. The van der Waals surface area contributed by atoms with Crippen molar-refractivity contribution in [3.8, 4) is 11.5 Å². The highest BCUT2D eigenvalue weighted by molar-refractivity contribution is 7.92. The largest absolute Gasteiger partial charge is 0.493 e. The summed E-state index contributed by atoms with van der Waals surface area (Å²) in [7, 11) is -1.51. The number of carbonyl (C=O) groups excluding carboxylic acids is 2. The van der Waals surface area contributed by atoms with Crippen LogP contribution in [0.1, 0.15) is 37.0 Å². The second kappa shape index (κ2) is 14.2. The molecule has 0 saturated heterocycles. The lowest BCUT2D eigenvalue weighted by Crippen LogP contribution is -2.51. The van der Waals surface area contributed by atoms with Gasteiger partial charge in [0, 0.05) is 24.7 Å². The molecule has 1 N–H and O–H groups in total. The van der Waals surface area contributed by atoms with Crippen molar-refractivity contribution in [3.05, 3.63) is 83.2 Å². The maximum Gasteiger partial charge on any atom is 0.264 e. The van der Waals surface area contributed by atoms with Crippen LogP contribution in [-0.2, 0) is 26.2 Å². The van der Waals surface area contributed by atoms with Gasteiger partial charge in [-0.3, -0.25) is 13.9 Å². The maximum atomic E-state index is 14.7. The number of anilines is 1. The summed E-state index contributed by atoms with van der Waals surface area (Å²) in [5, 5.41) is 2.76. The Morgan fingerprint density at radius 3 is 2.19 bits per heavy atom. The van der Waals surface area contributed by atoms with Gasteiger partial charge in [0.1, 0.15) is 18.4 Å². The van der Waals surface area contributed by atoms with Crippen LogP contribution >= 0.6 is 0 Å². The van der Waals surface area contributed by atoms with E-state index < -0.39 is 40.2 Å². The van der Waals surface area contributed by atoms with Crippen LogP contribution in [0, 0.1) is 19.7 Å². The first-order valence-electron chi connectivity index (χ1n) is 13.6. The van der Waals surface area contributed by atoms with Crippen LogP contribution in [-0.4, -0.2) is 58.5 Å². The van der Waals surface area contributed by atoms with Gasteiger partial charge in [-0.2, -0.15) is 0 Å². The van der Waals surface area contributed by atoms with Crippen LogP contribution in [0.3, 0.4) is 0 Å². The number of aryl methyl sites for hydroxylation is 2. The average molecular weight is 600 g/mol. The number of hydrogen-bond donors (Lipinski definition) is 1. The molecule has 3 aromatic carbocycles. The molecular weight excluding hydrogens is 561 g/mol. The zero-order valence-electron chi connectivity index (χ0n) is 24.8. The summed E-state index contributed by atoms with van der Waals surface area (Å²) in [4.78, 5) is 28.0. The van der Waals surface area contributed by atoms with Gasteiger partial charge in [0.25, 0.3) is 10.0 Å². The second-order valence-corrected chi connectivity index (χ2v) is 11.8. The third-order valence-electron chi connectivity index (χ3n) is 6.73. The Bertz CT molecular complexity index is 1510. The molecule has 3 rings (SSSR count). The molecule has 0 bridgehead atoms. The highest BCUT2D eigenvalue weighted by atomic mass is 32.2. The van der Waals surface area contributed by atoms with E-state index in [9.17, 15) is 22.4 Å². The molecule has 11 heteroatoms. The highest BCUT2D eigenvalue weighted by Crippen LogP contribution is 2.33. The van der Waals surface area contributed by atoms with Gasteiger partial charge in [0.05, 0.1) is 24.8 Å². The smallest absolute Gasteiger partial charge is 0.264 e. The van der Waals surface area contributed by atoms with Crippen molar-refractivity contribution in [3.63, 3.8) is 0 Å². The van der Waals surface area contributed by atoms with Crippen molar-refractivity contribution in [2.45, 2.75) is 51.6 Å². The summed E-state index contributed by atoms with van der Waals surface area (Å²) in [5.74, 6) is -1.11. The van der Waals surface area contributed by atoms with E-state index in [0.29, 0.717) is 18.7 Å². The number of amides is 2. The molecule has 0 fully saturated rings. The fraction of sp³-hybridized carbons (Fsp3) is 0.355. The van der Waals surface area contributed by atoms with Gasteiger partial charge >= 0.3 is 0 Å². The molecule has 0 aliphatic rings. The summed E-state index contributed by atoms with van der Waals surface area (Å²) in [5.41, 5.74) is 2.05. The van der Waals surface area contributed by atoms with Crippen molar-refractivity contribution < 1.29 is 31.9 Å². The van der Waals surface area contributed by atoms with Crippen molar-refractivity contribution in [1.29, 1.82) is 0 Å². The van der Waals surface area contributed by atoms with Gasteiger partial charge in [-0.15, -0.1) is 0 Å². The van der Waals surface area contributed by atoms with Crippen molar-refractivity contribution >= 4 is 27.5 Å². The molecule has 226 valence electrons. The number of hydrogen-bond acceptors (Lipinski definition) is 6. The Morgan fingerprint density at radius 2 is 1.60 bits per heavy atom. The average Bonchev–Trinajstić information content (AvgIpc) is 2.96. The molecule has 2 amide bonds. The first-order chi connectivity index (χ1) is 19.9. The third-order valence-corrected chi connectivity index (χ3v) is 8.50. The molecule has 9 nitrogen and oxygen atoms in total. The van der Waals surface area contributed by atoms with E-state index in [4.69, 9.17) is 9.47 Å². The number of sulfonamides is 1. The van der Waals surface area contributed by atoms with Gasteiger partial charge in [-0.25, -0.2) is 12.8 Å². The number of halogens is 1. The minimum Gasteiger partial charge on any atom is -0.493 e. The minimum atomic E-state index is -4.34. The van der Waals surface area contributed by atoms with E-state index in [1.807, 2.05) is 26.8 Å². The van der Waals surface area contributed by atoms with Crippen molar-refractivity contribution in [2.24, 2.45) is 0 Å². The molecule has 0 spiro atoms. The highest BCUT2D eigenvalue weighted by Gasteiger charge is 2.33. The quantitative estimate of drug-likeness (QED) is 0.308. The summed E-state index contributed by atoms with van der Waals surface area (Å²) >= 11 is 0. The molecule has 0 aliphatic heterocycles. The predicted octanol–water partition coefficient (Wildman–Crippen LogP) is 4.60. The van der Waals surface area contributed by atoms with Crippen LogP contribution in [0.15, 0.2) is 65.6 Å². The zero-order valence-corrected chi connectivity index (χ0v) is 25.6. The van der Waals surface area contributed by atoms with Crippen molar-refractivity contribution in [2.75, 3.05) is 31.6 Å². The van der Waals surface area contributed by atoms with Gasteiger partial charge in [-0.1, -0.05) is 31.2 Å². The Kier molecular flexibility index (Phi) is 10.9. The Morgan fingerprint density at radius 1 is 0.952 bits per heavy atom. The molecule has 0 heterocycles. The number of rotatable bonds is 13. The van der Waals surface area contributed by atoms with Gasteiger partial charge in [0.15, 0.2) is 11.5 Å². The van der Waals surface area contributed by atoms with E-state index in [-0.39, 0.29) is 28.4 Å². The van der Waals surface area contributed by atoms with Crippen LogP contribution in [0.2, 0.25) is 0 Å². The third kappa shape index (κ3) is 7.58. The van der Waals surface area contributed by atoms with E-state index >= 15 is 0 Å². The molecule has 0 aromatic heterocycles. The number of ether oxygens (including phenoxy) is 2. The number of benzene rings is 3. The summed E-state index contributed by atoms with van der Waals surface area (Å²) in [6, 6.07) is 14.3. The number of carbonyl (C=O) groups is 2. The minimum absolute atomic E-state index is 0.124. The van der Waals surface area contributed by atoms with E-state index in [1.54, 1.807) is 18.2 Å². The van der Waals surface area contributed by atoms with E-state index in [0.717, 1.165) is 15.4 Å². The van der Waals surface area contributed by atoms with Crippen LogP contribution < -0.4 is 19.1 Å². The molecule has 0 radical (unpaired) electrons. The summed E-state index contributed by atoms with van der Waals surface area (Å²) in [6.07, 6.45) is 0.684. The number of nitrogens with one attached hydrogen (secondary N) is 1. The summed E-state index contributed by atoms with van der Waals surface area (Å²) in [6.45, 7) is 6.60. The fourth-order valence-electron chi connectivity index (χ4n) is 4.52. The molecule has 0 saturated carbocycles. The lowest BCUT2D eigenvalue weighted by atomic mass is 10.1. The topological polar surface area (TPSA) is 105 Å². The second-order valence-electron chi connectivity index (χ2n) is 9.95. The Balaban J connectivity index is 2.11. The van der Waals surface area contributed by atoms with E-state index in [2.05, 4.69) is 5.32 Å². The Labute approximate surface area is 247 Å². The molecule has 0 unspecified atom stereocenters. The fourth-order valence-corrected chi connectivity index (χ4v) is 5.93. The normalized spacial score (nSPS) is 11.9. The molecule has 0 aliphatic carbocycles. The lowest BCUT2D eigenvalue weighted by Gasteiger charge is -2.32. The van der Waals surface area contributed by atoms with E-state index in [1.165, 1.54) is 62.4 Å². The number of methoxy groups -OCH3 is 2. The van der Waals surface area contributed by atoms with Gasteiger partial charge in [-0.05, 0) is 68.7 Å². The molecular formula is C31H38FN3O6S. The van der Waals surface area contributed by atoms with Gasteiger partial charge in [0.2, 0.25) is 11.8 Å². The molecule has 1 atom stereocenters.